The molecule has 1 saturated heterocycles. The summed E-state index contributed by atoms with van der Waals surface area (Å²) < 4.78 is 7.24. The van der Waals surface area contributed by atoms with Crippen molar-refractivity contribution in [2.45, 2.75) is 25.3 Å². The van der Waals surface area contributed by atoms with Crippen LogP contribution in [0.1, 0.15) is 51.1 Å². The zero-order valence-electron chi connectivity index (χ0n) is 18.1. The Hall–Kier alpha value is -4.07. The SMILES string of the molecule is O=C(NCc1ccco1)c1cc(C2CCN(C(=O)c3ccc(-n4cccc4)cc3)CC2)[nH]n1. The summed E-state index contributed by atoms with van der Waals surface area (Å²) in [5.74, 6) is 0.736. The number of piperidine rings is 1. The molecule has 0 saturated carbocycles. The van der Waals surface area contributed by atoms with E-state index in [-0.39, 0.29) is 17.7 Å². The van der Waals surface area contributed by atoms with Crippen LogP contribution in [0.15, 0.2) is 77.7 Å². The van der Waals surface area contributed by atoms with Gasteiger partial charge in [-0.25, -0.2) is 0 Å². The van der Waals surface area contributed by atoms with Crippen LogP contribution in [-0.4, -0.2) is 44.6 Å². The van der Waals surface area contributed by atoms with Gasteiger partial charge in [-0.1, -0.05) is 0 Å². The number of benzene rings is 1. The summed E-state index contributed by atoms with van der Waals surface area (Å²) in [6.45, 7) is 1.66. The highest BCUT2D eigenvalue weighted by atomic mass is 16.3. The third-order valence-corrected chi connectivity index (χ3v) is 6.07. The average Bonchev–Trinajstić information content (AvgIpc) is 3.65. The fourth-order valence-corrected chi connectivity index (χ4v) is 4.19. The van der Waals surface area contributed by atoms with E-state index >= 15 is 0 Å². The van der Waals surface area contributed by atoms with Gasteiger partial charge in [0.25, 0.3) is 11.8 Å². The number of hydrogen-bond acceptors (Lipinski definition) is 4. The van der Waals surface area contributed by atoms with E-state index in [2.05, 4.69) is 15.5 Å². The summed E-state index contributed by atoms with van der Waals surface area (Å²) in [5, 5.41) is 9.98. The van der Waals surface area contributed by atoms with Gasteiger partial charge in [0.15, 0.2) is 0 Å². The predicted octanol–water partition coefficient (Wildman–Crippen LogP) is 3.74. The lowest BCUT2D eigenvalue weighted by Gasteiger charge is -2.31. The molecule has 8 nitrogen and oxygen atoms in total. The van der Waals surface area contributed by atoms with Gasteiger partial charge in [-0.2, -0.15) is 5.10 Å². The van der Waals surface area contributed by atoms with Crippen LogP contribution in [0.3, 0.4) is 0 Å². The number of amides is 2. The van der Waals surface area contributed by atoms with Crippen LogP contribution in [0, 0.1) is 0 Å². The van der Waals surface area contributed by atoms with Gasteiger partial charge in [0.1, 0.15) is 11.5 Å². The zero-order chi connectivity index (χ0) is 22.6. The Bertz CT molecular complexity index is 1200. The highest BCUT2D eigenvalue weighted by molar-refractivity contribution is 5.94. The highest BCUT2D eigenvalue weighted by Crippen LogP contribution is 2.28. The van der Waals surface area contributed by atoms with Gasteiger partial charge >= 0.3 is 0 Å². The lowest BCUT2D eigenvalue weighted by molar-refractivity contribution is 0.0712. The zero-order valence-corrected chi connectivity index (χ0v) is 18.1. The fraction of sp³-hybridized carbons (Fsp3) is 0.240. The predicted molar refractivity (Wildman–Crippen MR) is 122 cm³/mol. The number of rotatable bonds is 6. The molecule has 2 amide bonds. The number of H-pyrrole nitrogens is 1. The van der Waals surface area contributed by atoms with Crippen molar-refractivity contribution in [2.24, 2.45) is 0 Å². The van der Waals surface area contributed by atoms with Crippen LogP contribution in [0.25, 0.3) is 5.69 Å². The molecule has 5 rings (SSSR count). The van der Waals surface area contributed by atoms with Crippen LogP contribution in [-0.2, 0) is 6.54 Å². The van der Waals surface area contributed by atoms with E-state index in [9.17, 15) is 9.59 Å². The molecule has 2 N–H and O–H groups in total. The van der Waals surface area contributed by atoms with Crippen molar-refractivity contribution >= 4 is 11.8 Å². The Balaban J connectivity index is 1.15. The first-order valence-electron chi connectivity index (χ1n) is 11.1. The second-order valence-corrected chi connectivity index (χ2v) is 8.17. The number of hydrogen-bond donors (Lipinski definition) is 2. The van der Waals surface area contributed by atoms with Crippen LogP contribution >= 0.6 is 0 Å². The molecular weight excluding hydrogens is 418 g/mol. The van der Waals surface area contributed by atoms with Crippen LogP contribution in [0.5, 0.6) is 0 Å². The quantitative estimate of drug-likeness (QED) is 0.474. The van der Waals surface area contributed by atoms with Gasteiger partial charge < -0.3 is 19.2 Å². The van der Waals surface area contributed by atoms with Crippen molar-refractivity contribution in [3.05, 3.63) is 96.0 Å². The molecule has 0 unspecified atom stereocenters. The Labute approximate surface area is 191 Å². The van der Waals surface area contributed by atoms with Crippen molar-refractivity contribution < 1.29 is 14.0 Å². The molecule has 168 valence electrons. The molecule has 1 aliphatic rings. The summed E-state index contributed by atoms with van der Waals surface area (Å²) in [4.78, 5) is 27.2. The van der Waals surface area contributed by atoms with Crippen molar-refractivity contribution in [1.82, 2.24) is 25.0 Å². The molecule has 3 aromatic heterocycles. The first-order chi connectivity index (χ1) is 16.2. The molecular formula is C25H25N5O3. The number of nitrogens with one attached hydrogen (secondary N) is 2. The van der Waals surface area contributed by atoms with E-state index in [0.717, 1.165) is 24.2 Å². The minimum Gasteiger partial charge on any atom is -0.467 e. The van der Waals surface area contributed by atoms with E-state index in [0.29, 0.717) is 36.7 Å². The van der Waals surface area contributed by atoms with E-state index in [1.54, 1.807) is 18.4 Å². The molecule has 0 spiro atoms. The first-order valence-corrected chi connectivity index (χ1v) is 11.1. The van der Waals surface area contributed by atoms with E-state index in [1.165, 1.54) is 0 Å². The van der Waals surface area contributed by atoms with Crippen LogP contribution in [0.4, 0.5) is 0 Å². The number of furan rings is 1. The standard InChI is InChI=1S/C25H25N5O3/c31-24(26-17-21-4-3-15-33-21)23-16-22(27-28-23)18-9-13-30(14-10-18)25(32)19-5-7-20(8-6-19)29-11-1-2-12-29/h1-8,11-12,15-16,18H,9-10,13-14,17H2,(H,26,31)(H,27,28). The maximum Gasteiger partial charge on any atom is 0.272 e. The topological polar surface area (TPSA) is 96.2 Å². The molecule has 0 radical (unpaired) electrons. The van der Waals surface area contributed by atoms with E-state index < -0.39 is 0 Å². The van der Waals surface area contributed by atoms with Gasteiger partial charge in [0.05, 0.1) is 12.8 Å². The lowest BCUT2D eigenvalue weighted by Crippen LogP contribution is -2.38. The van der Waals surface area contributed by atoms with Gasteiger partial charge in [-0.15, -0.1) is 0 Å². The Morgan fingerprint density at radius 1 is 1.06 bits per heavy atom. The number of carbonyl (C=O) groups is 2. The van der Waals surface area contributed by atoms with Crippen molar-refractivity contribution in [3.8, 4) is 5.69 Å². The second-order valence-electron chi connectivity index (χ2n) is 8.17. The van der Waals surface area contributed by atoms with Crippen LogP contribution < -0.4 is 5.32 Å². The monoisotopic (exact) mass is 443 g/mol. The Kier molecular flexibility index (Phi) is 5.80. The van der Waals surface area contributed by atoms with Crippen molar-refractivity contribution in [3.63, 3.8) is 0 Å². The van der Waals surface area contributed by atoms with E-state index in [4.69, 9.17) is 4.42 Å². The third-order valence-electron chi connectivity index (χ3n) is 6.07. The van der Waals surface area contributed by atoms with Gasteiger partial charge in [-0.05, 0) is 67.4 Å². The lowest BCUT2D eigenvalue weighted by atomic mass is 9.93. The maximum absolute atomic E-state index is 12.9. The number of aromatic nitrogens is 3. The number of nitrogens with zero attached hydrogens (tertiary/aromatic N) is 3. The van der Waals surface area contributed by atoms with E-state index in [1.807, 2.05) is 64.3 Å². The molecule has 4 aromatic rings. The average molecular weight is 444 g/mol. The smallest absolute Gasteiger partial charge is 0.272 e. The van der Waals surface area contributed by atoms with Crippen molar-refractivity contribution in [1.29, 1.82) is 0 Å². The maximum atomic E-state index is 12.9. The largest absolute Gasteiger partial charge is 0.467 e. The summed E-state index contributed by atoms with van der Waals surface area (Å²) in [6.07, 6.45) is 7.17. The Morgan fingerprint density at radius 3 is 2.52 bits per heavy atom. The molecule has 1 aromatic carbocycles. The molecule has 4 heterocycles. The molecule has 8 heteroatoms. The fourth-order valence-electron chi connectivity index (χ4n) is 4.19. The van der Waals surface area contributed by atoms with Gasteiger partial charge in [-0.3, -0.25) is 14.7 Å². The number of carbonyl (C=O) groups excluding carboxylic acids is 2. The molecule has 1 fully saturated rings. The summed E-state index contributed by atoms with van der Waals surface area (Å²) in [5.41, 5.74) is 3.01. The third kappa shape index (κ3) is 4.59. The summed E-state index contributed by atoms with van der Waals surface area (Å²) in [7, 11) is 0. The minimum absolute atomic E-state index is 0.0510. The molecule has 0 bridgehead atoms. The minimum atomic E-state index is -0.245. The Morgan fingerprint density at radius 2 is 1.82 bits per heavy atom. The van der Waals surface area contributed by atoms with Crippen LogP contribution in [0.2, 0.25) is 0 Å². The van der Waals surface area contributed by atoms with Gasteiger partial charge in [0.2, 0.25) is 0 Å². The second kappa shape index (κ2) is 9.20. The number of aromatic amines is 1. The highest BCUT2D eigenvalue weighted by Gasteiger charge is 2.26. The summed E-state index contributed by atoms with van der Waals surface area (Å²) >= 11 is 0. The molecule has 1 aliphatic heterocycles. The molecule has 33 heavy (non-hydrogen) atoms. The van der Waals surface area contributed by atoms with Crippen molar-refractivity contribution in [2.75, 3.05) is 13.1 Å². The summed E-state index contributed by atoms with van der Waals surface area (Å²) in [6, 6.07) is 17.0. The first kappa shape index (κ1) is 20.8. The number of likely N-dealkylation sites (tertiary alicyclic amines) is 1. The normalized spacial score (nSPS) is 14.4. The van der Waals surface area contributed by atoms with Gasteiger partial charge in [0, 0.05) is 48.3 Å². The molecule has 0 atom stereocenters. The molecule has 0 aliphatic carbocycles.